The van der Waals surface area contributed by atoms with E-state index in [1.807, 2.05) is 24.3 Å². The van der Waals surface area contributed by atoms with E-state index in [4.69, 9.17) is 11.6 Å². The highest BCUT2D eigenvalue weighted by molar-refractivity contribution is 6.30. The van der Waals surface area contributed by atoms with Crippen LogP contribution in [-0.4, -0.2) is 17.7 Å². The van der Waals surface area contributed by atoms with Crippen LogP contribution in [0.15, 0.2) is 24.3 Å². The van der Waals surface area contributed by atoms with Gasteiger partial charge in [-0.2, -0.15) is 0 Å². The molecule has 0 atom stereocenters. The van der Waals surface area contributed by atoms with Crippen molar-refractivity contribution < 1.29 is 5.11 Å². The van der Waals surface area contributed by atoms with E-state index in [1.165, 1.54) is 0 Å². The molecule has 2 nitrogen and oxygen atoms in total. The number of nitrogens with one attached hydrogen (secondary N) is 1. The standard InChI is InChI=1S/C14H20ClNO/c1-2-16-13-7-9-14(17,10-8-13)11-3-5-12(15)6-4-11/h3-6,13,16-17H,2,7-10H2,1H3. The summed E-state index contributed by atoms with van der Waals surface area (Å²) in [7, 11) is 0. The summed E-state index contributed by atoms with van der Waals surface area (Å²) in [6.45, 7) is 3.13. The van der Waals surface area contributed by atoms with E-state index in [1.54, 1.807) is 0 Å². The van der Waals surface area contributed by atoms with Crippen molar-refractivity contribution in [1.29, 1.82) is 0 Å². The summed E-state index contributed by atoms with van der Waals surface area (Å²) in [5.74, 6) is 0. The van der Waals surface area contributed by atoms with Crippen molar-refractivity contribution in [3.8, 4) is 0 Å². The van der Waals surface area contributed by atoms with Crippen molar-refractivity contribution in [3.05, 3.63) is 34.9 Å². The molecule has 0 saturated heterocycles. The minimum absolute atomic E-state index is 0.563. The predicted molar refractivity (Wildman–Crippen MR) is 71.3 cm³/mol. The van der Waals surface area contributed by atoms with Gasteiger partial charge in [0.05, 0.1) is 5.60 Å². The smallest absolute Gasteiger partial charge is 0.0897 e. The first-order chi connectivity index (χ1) is 8.14. The van der Waals surface area contributed by atoms with Gasteiger partial charge in [-0.25, -0.2) is 0 Å². The third kappa shape index (κ3) is 3.01. The molecule has 1 fully saturated rings. The number of aliphatic hydroxyl groups is 1. The Balaban J connectivity index is 2.04. The largest absolute Gasteiger partial charge is 0.385 e. The zero-order chi connectivity index (χ0) is 12.3. The number of hydrogen-bond donors (Lipinski definition) is 2. The van der Waals surface area contributed by atoms with E-state index in [9.17, 15) is 5.11 Å². The summed E-state index contributed by atoms with van der Waals surface area (Å²) in [4.78, 5) is 0. The van der Waals surface area contributed by atoms with Gasteiger partial charge in [0.1, 0.15) is 0 Å². The molecule has 0 amide bonds. The molecule has 2 rings (SSSR count). The van der Waals surface area contributed by atoms with Crippen LogP contribution in [0.3, 0.4) is 0 Å². The van der Waals surface area contributed by atoms with Crippen LogP contribution in [0, 0.1) is 0 Å². The Morgan fingerprint density at radius 1 is 1.29 bits per heavy atom. The van der Waals surface area contributed by atoms with Gasteiger partial charge in [-0.15, -0.1) is 0 Å². The first-order valence-electron chi connectivity index (χ1n) is 6.36. The summed E-state index contributed by atoms with van der Waals surface area (Å²) in [5, 5.41) is 14.8. The van der Waals surface area contributed by atoms with Gasteiger partial charge >= 0.3 is 0 Å². The molecule has 0 aromatic heterocycles. The molecular formula is C14H20ClNO. The third-order valence-corrected chi connectivity index (χ3v) is 3.94. The highest BCUT2D eigenvalue weighted by Crippen LogP contribution is 2.37. The van der Waals surface area contributed by atoms with Gasteiger partial charge in [0.25, 0.3) is 0 Å². The van der Waals surface area contributed by atoms with Gasteiger partial charge in [0, 0.05) is 11.1 Å². The average Bonchev–Trinajstić information content (AvgIpc) is 2.33. The Bertz CT molecular complexity index is 355. The van der Waals surface area contributed by atoms with Crippen LogP contribution in [0.1, 0.15) is 38.2 Å². The highest BCUT2D eigenvalue weighted by Gasteiger charge is 2.34. The van der Waals surface area contributed by atoms with E-state index in [0.717, 1.165) is 42.8 Å². The van der Waals surface area contributed by atoms with Crippen LogP contribution in [0.25, 0.3) is 0 Å². The summed E-state index contributed by atoms with van der Waals surface area (Å²) < 4.78 is 0. The van der Waals surface area contributed by atoms with Crippen LogP contribution in [-0.2, 0) is 5.60 Å². The molecule has 0 radical (unpaired) electrons. The molecule has 94 valence electrons. The maximum absolute atomic E-state index is 10.6. The molecule has 0 heterocycles. The molecule has 1 aliphatic rings. The molecule has 0 unspecified atom stereocenters. The minimum Gasteiger partial charge on any atom is -0.385 e. The molecule has 3 heteroatoms. The van der Waals surface area contributed by atoms with Crippen molar-refractivity contribution in [2.75, 3.05) is 6.54 Å². The molecule has 0 bridgehead atoms. The van der Waals surface area contributed by atoms with Gasteiger partial charge in [-0.1, -0.05) is 30.7 Å². The van der Waals surface area contributed by atoms with Crippen LogP contribution < -0.4 is 5.32 Å². The van der Waals surface area contributed by atoms with E-state index in [0.29, 0.717) is 6.04 Å². The van der Waals surface area contributed by atoms with Crippen LogP contribution in [0.2, 0.25) is 5.02 Å². The molecule has 1 aromatic carbocycles. The van der Waals surface area contributed by atoms with Gasteiger partial charge in [-0.05, 0) is 49.9 Å². The lowest BCUT2D eigenvalue weighted by molar-refractivity contribution is -0.00814. The van der Waals surface area contributed by atoms with Gasteiger partial charge < -0.3 is 10.4 Å². The SMILES string of the molecule is CCNC1CCC(O)(c2ccc(Cl)cc2)CC1. The second kappa shape index (κ2) is 5.38. The molecule has 17 heavy (non-hydrogen) atoms. The number of halogens is 1. The van der Waals surface area contributed by atoms with Crippen molar-refractivity contribution >= 4 is 11.6 Å². The highest BCUT2D eigenvalue weighted by atomic mass is 35.5. The van der Waals surface area contributed by atoms with E-state index in [2.05, 4.69) is 12.2 Å². The molecule has 1 saturated carbocycles. The number of benzene rings is 1. The lowest BCUT2D eigenvalue weighted by Crippen LogP contribution is -2.39. The van der Waals surface area contributed by atoms with Crippen LogP contribution >= 0.6 is 11.6 Å². The fourth-order valence-electron chi connectivity index (χ4n) is 2.64. The zero-order valence-electron chi connectivity index (χ0n) is 10.2. The maximum atomic E-state index is 10.6. The molecule has 2 N–H and O–H groups in total. The zero-order valence-corrected chi connectivity index (χ0v) is 11.0. The Labute approximate surface area is 108 Å². The van der Waals surface area contributed by atoms with Crippen molar-refractivity contribution in [1.82, 2.24) is 5.32 Å². The number of hydrogen-bond acceptors (Lipinski definition) is 2. The summed E-state index contributed by atoms with van der Waals surface area (Å²) in [5.41, 5.74) is 0.341. The van der Waals surface area contributed by atoms with E-state index in [-0.39, 0.29) is 0 Å². The summed E-state index contributed by atoms with van der Waals surface area (Å²) in [6, 6.07) is 8.15. The maximum Gasteiger partial charge on any atom is 0.0897 e. The monoisotopic (exact) mass is 253 g/mol. The van der Waals surface area contributed by atoms with Crippen molar-refractivity contribution in [3.63, 3.8) is 0 Å². The fourth-order valence-corrected chi connectivity index (χ4v) is 2.76. The molecule has 0 spiro atoms. The minimum atomic E-state index is -0.656. The lowest BCUT2D eigenvalue weighted by atomic mass is 9.78. The fraction of sp³-hybridized carbons (Fsp3) is 0.571. The first kappa shape index (κ1) is 12.9. The van der Waals surface area contributed by atoms with E-state index < -0.39 is 5.60 Å². The predicted octanol–water partition coefficient (Wildman–Crippen LogP) is 3.08. The first-order valence-corrected chi connectivity index (χ1v) is 6.73. The normalized spacial score (nSPS) is 29.2. The summed E-state index contributed by atoms with van der Waals surface area (Å²) >= 11 is 5.87. The Morgan fingerprint density at radius 2 is 1.88 bits per heavy atom. The van der Waals surface area contributed by atoms with Crippen molar-refractivity contribution in [2.45, 2.75) is 44.2 Å². The molecular weight excluding hydrogens is 234 g/mol. The topological polar surface area (TPSA) is 32.3 Å². The molecule has 0 aliphatic heterocycles. The molecule has 1 aromatic rings. The second-order valence-corrected chi connectivity index (χ2v) is 5.31. The Morgan fingerprint density at radius 3 is 2.41 bits per heavy atom. The quantitative estimate of drug-likeness (QED) is 0.868. The van der Waals surface area contributed by atoms with Crippen molar-refractivity contribution in [2.24, 2.45) is 0 Å². The molecule has 1 aliphatic carbocycles. The Kier molecular flexibility index (Phi) is 4.08. The lowest BCUT2D eigenvalue weighted by Gasteiger charge is -2.36. The van der Waals surface area contributed by atoms with Crippen LogP contribution in [0.5, 0.6) is 0 Å². The summed E-state index contributed by atoms with van der Waals surface area (Å²) in [6.07, 6.45) is 3.72. The second-order valence-electron chi connectivity index (χ2n) is 4.87. The van der Waals surface area contributed by atoms with E-state index >= 15 is 0 Å². The van der Waals surface area contributed by atoms with Gasteiger partial charge in [0.2, 0.25) is 0 Å². The number of rotatable bonds is 3. The average molecular weight is 254 g/mol. The third-order valence-electron chi connectivity index (χ3n) is 3.69. The van der Waals surface area contributed by atoms with Crippen LogP contribution in [0.4, 0.5) is 0 Å². The Hall–Kier alpha value is -0.570. The van der Waals surface area contributed by atoms with Gasteiger partial charge in [-0.3, -0.25) is 0 Å². The van der Waals surface area contributed by atoms with Gasteiger partial charge in [0.15, 0.2) is 0 Å².